The van der Waals surface area contributed by atoms with E-state index in [0.717, 1.165) is 161 Å². The molecule has 1 N–H and O–H groups in total. The highest BCUT2D eigenvalue weighted by Crippen LogP contribution is 2.33. The smallest absolute Gasteiger partial charge is 0.309 e. The Morgan fingerprint density at radius 2 is 0.952 bits per heavy atom. The number of rotatable bonds is 32. The molecule has 0 aromatic heterocycles. The number of aliphatic hydroxyl groups excluding tert-OH is 1. The first-order valence-electron chi connectivity index (χ1n) is 27.6. The van der Waals surface area contributed by atoms with Crippen molar-refractivity contribution in [2.75, 3.05) is 46.1 Å². The fourth-order valence-corrected chi connectivity index (χ4v) is 9.47. The Labute approximate surface area is 389 Å². The summed E-state index contributed by atoms with van der Waals surface area (Å²) in [6.45, 7) is 13.9. The molecule has 0 radical (unpaired) electrons. The summed E-state index contributed by atoms with van der Waals surface area (Å²) >= 11 is 0. The maximum absolute atomic E-state index is 14.4. The zero-order valence-corrected chi connectivity index (χ0v) is 41.9. The molecule has 372 valence electrons. The van der Waals surface area contributed by atoms with Crippen LogP contribution in [0.15, 0.2) is 0 Å². The van der Waals surface area contributed by atoms with Crippen molar-refractivity contribution >= 4 is 11.9 Å². The molecule has 9 heteroatoms. The monoisotopic (exact) mass is 894 g/mol. The molecular weight excluding hydrogens is 791 g/mol. The minimum absolute atomic E-state index is 0.181. The second-order valence-electron chi connectivity index (χ2n) is 19.5. The molecule has 2 heterocycles. The maximum Gasteiger partial charge on any atom is 0.309 e. The molecule has 0 aliphatic carbocycles. The molecule has 6 atom stereocenters. The number of hydrogen-bond donors (Lipinski definition) is 1. The summed E-state index contributed by atoms with van der Waals surface area (Å²) in [5.74, 6) is -0.741. The molecule has 2 saturated heterocycles. The first-order chi connectivity index (χ1) is 31.0. The lowest BCUT2D eigenvalue weighted by molar-refractivity contribution is -0.195. The van der Waals surface area contributed by atoms with E-state index in [4.69, 9.17) is 23.7 Å². The van der Waals surface area contributed by atoms with Gasteiger partial charge in [-0.2, -0.15) is 0 Å². The molecule has 63 heavy (non-hydrogen) atoms. The van der Waals surface area contributed by atoms with Gasteiger partial charge in [0.25, 0.3) is 0 Å². The van der Waals surface area contributed by atoms with Crippen molar-refractivity contribution in [2.45, 2.75) is 277 Å². The Kier molecular flexibility index (Phi) is 37.6. The average molecular weight is 894 g/mol. The number of unbranched alkanes of at least 4 members (excludes halogenated alkanes) is 17. The fraction of sp³-hybridized carbons (Fsp3) is 0.963. The highest BCUT2D eigenvalue weighted by molar-refractivity contribution is 5.74. The first-order valence-corrected chi connectivity index (χ1v) is 27.6. The van der Waals surface area contributed by atoms with Crippen LogP contribution in [-0.4, -0.2) is 92.6 Å². The van der Waals surface area contributed by atoms with Crippen molar-refractivity contribution in [3.63, 3.8) is 0 Å². The lowest BCUT2D eigenvalue weighted by Gasteiger charge is -2.28. The summed E-state index contributed by atoms with van der Waals surface area (Å²) in [4.78, 5) is 31.4. The van der Waals surface area contributed by atoms with Crippen LogP contribution in [-0.2, 0) is 33.3 Å². The van der Waals surface area contributed by atoms with E-state index in [9.17, 15) is 14.7 Å². The number of carbonyl (C=O) groups is 2. The van der Waals surface area contributed by atoms with Gasteiger partial charge in [0.1, 0.15) is 6.10 Å². The number of fused-ring (bicyclic) bond motifs is 2. The van der Waals surface area contributed by atoms with Gasteiger partial charge in [-0.1, -0.05) is 188 Å². The first kappa shape index (κ1) is 57.9. The van der Waals surface area contributed by atoms with Crippen LogP contribution in [0, 0.1) is 11.8 Å². The van der Waals surface area contributed by atoms with E-state index in [1.807, 2.05) is 0 Å². The van der Waals surface area contributed by atoms with Crippen molar-refractivity contribution in [3.8, 4) is 0 Å². The van der Waals surface area contributed by atoms with Crippen molar-refractivity contribution in [1.29, 1.82) is 0 Å². The fourth-order valence-electron chi connectivity index (χ4n) is 9.47. The van der Waals surface area contributed by atoms with Crippen LogP contribution < -0.4 is 0 Å². The molecule has 2 aliphatic rings. The van der Waals surface area contributed by atoms with E-state index < -0.39 is 24.6 Å². The van der Waals surface area contributed by atoms with E-state index in [0.29, 0.717) is 13.2 Å². The van der Waals surface area contributed by atoms with Gasteiger partial charge in [-0.05, 0) is 83.8 Å². The minimum Gasteiger partial charge on any atom is -0.455 e. The molecule has 0 amide bonds. The van der Waals surface area contributed by atoms with Gasteiger partial charge in [-0.25, -0.2) is 0 Å². The predicted octanol–water partition coefficient (Wildman–Crippen LogP) is 13.8. The summed E-state index contributed by atoms with van der Waals surface area (Å²) < 4.78 is 32.7. The van der Waals surface area contributed by atoms with Crippen LogP contribution in [0.25, 0.3) is 0 Å². The Morgan fingerprint density at radius 3 is 1.46 bits per heavy atom. The summed E-state index contributed by atoms with van der Waals surface area (Å²) in [5, 5.41) is 9.33. The van der Waals surface area contributed by atoms with Gasteiger partial charge in [-0.15, -0.1) is 0 Å². The largest absolute Gasteiger partial charge is 0.455 e. The summed E-state index contributed by atoms with van der Waals surface area (Å²) in [5.41, 5.74) is 0. The van der Waals surface area contributed by atoms with Crippen molar-refractivity contribution in [1.82, 2.24) is 4.90 Å². The van der Waals surface area contributed by atoms with Gasteiger partial charge in [-0.3, -0.25) is 9.59 Å². The maximum atomic E-state index is 14.4. The topological polar surface area (TPSA) is 104 Å². The standard InChI is InChI=1S/C54H103NO8/c1-5-9-13-17-20-28-38-47(36-26-15-11-7-3)52(57)62-50-49-46-59-44-34-25-23-31-41-55(42-32-33-43-56)40-30-22-19-24-35-45-60-54(61-49)51(50)63-53(58)48(37-27-16-12-8-4)39-29-21-18-14-10-6-2/h47-51,54,56H,5-46H2,1-4H3/t47?,48?,49-,50+,51+,54-/m1/s1. The Balaban J connectivity index is 2.32. The van der Waals surface area contributed by atoms with Gasteiger partial charge in [0, 0.05) is 19.8 Å². The Morgan fingerprint density at radius 1 is 0.524 bits per heavy atom. The molecular formula is C54H103NO8. The van der Waals surface area contributed by atoms with Crippen molar-refractivity contribution in [3.05, 3.63) is 0 Å². The molecule has 0 saturated carbocycles. The third-order valence-electron chi connectivity index (χ3n) is 13.6. The summed E-state index contributed by atoms with van der Waals surface area (Å²) in [6, 6.07) is 0. The normalized spacial score (nSPS) is 22.4. The number of esters is 2. The van der Waals surface area contributed by atoms with Crippen LogP contribution >= 0.6 is 0 Å². The molecule has 2 bridgehead atoms. The third kappa shape index (κ3) is 28.5. The minimum atomic E-state index is -0.835. The second-order valence-corrected chi connectivity index (χ2v) is 19.5. The SMILES string of the molecule is CCCCCCCCC(CCCCCC)C(=O)O[C@@H]1[C@@H]2OCCCCCCCN(CCCCO)CCCCCCOC[C@@H](O2)[C@@H]1OC(=O)C(CCCCCC)CCCCCCCC. The van der Waals surface area contributed by atoms with E-state index in [1.54, 1.807) is 0 Å². The van der Waals surface area contributed by atoms with Crippen LogP contribution in [0.5, 0.6) is 0 Å². The van der Waals surface area contributed by atoms with Crippen molar-refractivity contribution < 1.29 is 38.4 Å². The number of carbonyl (C=O) groups excluding carboxylic acids is 2. The molecule has 0 aromatic carbocycles. The number of aliphatic hydroxyl groups is 1. The molecule has 9 nitrogen and oxygen atoms in total. The predicted molar refractivity (Wildman–Crippen MR) is 260 cm³/mol. The zero-order valence-electron chi connectivity index (χ0n) is 41.9. The van der Waals surface area contributed by atoms with E-state index in [2.05, 4.69) is 32.6 Å². The van der Waals surface area contributed by atoms with Crippen LogP contribution in [0.4, 0.5) is 0 Å². The number of nitrogens with zero attached hydrogens (tertiary/aromatic N) is 1. The van der Waals surface area contributed by atoms with E-state index in [1.165, 1.54) is 83.5 Å². The Bertz CT molecular complexity index is 971. The van der Waals surface area contributed by atoms with Gasteiger partial charge in [0.15, 0.2) is 18.5 Å². The molecule has 0 spiro atoms. The summed E-state index contributed by atoms with van der Waals surface area (Å²) in [6.07, 6.45) is 35.2. The lowest BCUT2D eigenvalue weighted by Crippen LogP contribution is -2.44. The number of hydrogen-bond acceptors (Lipinski definition) is 9. The third-order valence-corrected chi connectivity index (χ3v) is 13.6. The molecule has 0 aromatic rings. The molecule has 2 fully saturated rings. The Hall–Kier alpha value is -1.26. The van der Waals surface area contributed by atoms with Gasteiger partial charge in [0.2, 0.25) is 0 Å². The summed E-state index contributed by atoms with van der Waals surface area (Å²) in [7, 11) is 0. The highest BCUT2D eigenvalue weighted by atomic mass is 16.7. The molecule has 2 aliphatic heterocycles. The lowest BCUT2D eigenvalue weighted by atomic mass is 9.94. The van der Waals surface area contributed by atoms with Gasteiger partial charge >= 0.3 is 11.9 Å². The quantitative estimate of drug-likeness (QED) is 0.0522. The number of ether oxygens (including phenoxy) is 5. The van der Waals surface area contributed by atoms with E-state index in [-0.39, 0.29) is 37.0 Å². The van der Waals surface area contributed by atoms with Crippen LogP contribution in [0.3, 0.4) is 0 Å². The van der Waals surface area contributed by atoms with Gasteiger partial charge < -0.3 is 33.7 Å². The van der Waals surface area contributed by atoms with Crippen LogP contribution in [0.1, 0.15) is 252 Å². The highest BCUT2D eigenvalue weighted by Gasteiger charge is 2.51. The molecule has 2 unspecified atom stereocenters. The average Bonchev–Trinajstić information content (AvgIpc) is 3.59. The van der Waals surface area contributed by atoms with Crippen molar-refractivity contribution in [2.24, 2.45) is 11.8 Å². The second kappa shape index (κ2) is 41.0. The molecule has 2 rings (SSSR count). The van der Waals surface area contributed by atoms with Gasteiger partial charge in [0.05, 0.1) is 18.4 Å². The van der Waals surface area contributed by atoms with E-state index >= 15 is 0 Å². The zero-order chi connectivity index (χ0) is 45.4. The van der Waals surface area contributed by atoms with Crippen LogP contribution in [0.2, 0.25) is 0 Å².